The van der Waals surface area contributed by atoms with Gasteiger partial charge in [-0.2, -0.15) is 0 Å². The maximum Gasteiger partial charge on any atom is 0.128 e. The minimum absolute atomic E-state index is 0.236. The molecule has 0 aliphatic rings. The third-order valence-electron chi connectivity index (χ3n) is 19.6. The van der Waals surface area contributed by atoms with Gasteiger partial charge in [-0.3, -0.25) is 0 Å². The van der Waals surface area contributed by atoms with Crippen LogP contribution in [0.5, 0.6) is 46.0 Å². The van der Waals surface area contributed by atoms with Gasteiger partial charge in [0, 0.05) is 23.3 Å². The van der Waals surface area contributed by atoms with Crippen molar-refractivity contribution < 1.29 is 38.6 Å². The van der Waals surface area contributed by atoms with Gasteiger partial charge in [-0.25, -0.2) is 0 Å². The quantitative estimate of drug-likeness (QED) is 0.0364. The molecule has 0 atom stereocenters. The zero-order chi connectivity index (χ0) is 70.1. The van der Waals surface area contributed by atoms with E-state index in [2.05, 4.69) is 125 Å². The van der Waals surface area contributed by atoms with Gasteiger partial charge in [0.15, 0.2) is 0 Å². The van der Waals surface area contributed by atoms with Gasteiger partial charge in [-0.05, 0) is 131 Å². The highest BCUT2D eigenvalue weighted by molar-refractivity contribution is 5.83. The predicted octanol–water partition coefficient (Wildman–Crippen LogP) is 28.1. The summed E-state index contributed by atoms with van der Waals surface area (Å²) in [7, 11) is 0. The third-order valence-corrected chi connectivity index (χ3v) is 19.6. The summed E-state index contributed by atoms with van der Waals surface area (Å²) in [6.07, 6.45) is 51.0. The van der Waals surface area contributed by atoms with Gasteiger partial charge in [0.05, 0.1) is 26.4 Å². The van der Waals surface area contributed by atoms with Crippen LogP contribution in [0.3, 0.4) is 0 Å². The molecule has 100 heavy (non-hydrogen) atoms. The van der Waals surface area contributed by atoms with Gasteiger partial charge in [0.2, 0.25) is 0 Å². The van der Waals surface area contributed by atoms with Gasteiger partial charge in [-0.1, -0.05) is 332 Å². The lowest BCUT2D eigenvalue weighted by molar-refractivity contribution is 0.280. The Morgan fingerprint density at radius 1 is 0.210 bits per heavy atom. The molecular weight excluding hydrogens is 1230 g/mol. The highest BCUT2D eigenvalue weighted by Gasteiger charge is 2.19. The van der Waals surface area contributed by atoms with E-state index in [4.69, 9.17) is 28.4 Å². The van der Waals surface area contributed by atoms with Crippen molar-refractivity contribution in [1.29, 1.82) is 0 Å². The molecule has 0 aliphatic heterocycles. The van der Waals surface area contributed by atoms with E-state index in [1.54, 1.807) is 24.3 Å². The first-order chi connectivity index (χ1) is 49.3. The van der Waals surface area contributed by atoms with Crippen LogP contribution >= 0.6 is 0 Å². The normalized spacial score (nSPS) is 11.3. The Hall–Kier alpha value is -7.06. The minimum atomic E-state index is 0.236. The minimum Gasteiger partial charge on any atom is -0.508 e. The average Bonchev–Trinajstić information content (AvgIpc) is 0.785. The SMILES string of the molecule is CCCCCCCCCCCCOc1cc(COc2cc(-c3ccc(-c4ccc(O)cc4)cc3)c(OCc3cc(OCCCCCCCCCCCC)cc(OCCCCCCCCCCCC)c3)cc2-c2ccc(-c3ccc(O)cc3)cc2)cc(OCCCCCCCCCCCC)c1. The lowest BCUT2D eigenvalue weighted by Crippen LogP contribution is -2.04. The van der Waals surface area contributed by atoms with Crippen molar-refractivity contribution in [3.05, 3.63) is 157 Å². The molecule has 7 rings (SSSR count). The Bertz CT molecular complexity index is 2900. The highest BCUT2D eigenvalue weighted by Crippen LogP contribution is 2.44. The van der Waals surface area contributed by atoms with Gasteiger partial charge < -0.3 is 38.6 Å². The topological polar surface area (TPSA) is 95.8 Å². The van der Waals surface area contributed by atoms with Crippen LogP contribution in [0.1, 0.15) is 296 Å². The fourth-order valence-corrected chi connectivity index (χ4v) is 13.4. The van der Waals surface area contributed by atoms with E-state index in [9.17, 15) is 10.2 Å². The van der Waals surface area contributed by atoms with Crippen molar-refractivity contribution >= 4 is 0 Å². The average molecular weight is 1360 g/mol. The Labute approximate surface area is 606 Å². The van der Waals surface area contributed by atoms with E-state index in [0.29, 0.717) is 37.9 Å². The molecule has 2 N–H and O–H groups in total. The fraction of sp³-hybridized carbons (Fsp3) is 0.543. The first-order valence-corrected chi connectivity index (χ1v) is 40.3. The predicted molar refractivity (Wildman–Crippen MR) is 422 cm³/mol. The van der Waals surface area contributed by atoms with Crippen LogP contribution in [0.4, 0.5) is 0 Å². The third kappa shape index (κ3) is 32.3. The maximum atomic E-state index is 10.2. The van der Waals surface area contributed by atoms with Crippen molar-refractivity contribution in [1.82, 2.24) is 0 Å². The molecule has 0 spiro atoms. The van der Waals surface area contributed by atoms with Crippen molar-refractivity contribution in [2.45, 2.75) is 298 Å². The summed E-state index contributed by atoms with van der Waals surface area (Å²) < 4.78 is 40.8. The number of phenols is 2. The highest BCUT2D eigenvalue weighted by atomic mass is 16.5. The second-order valence-electron chi connectivity index (χ2n) is 28.4. The standard InChI is InChI=1S/C92H130O8/c1-5-9-13-17-21-25-29-33-37-41-61-95-85-65-75(66-86(69-85)96-62-42-38-34-30-26-22-18-14-10-6-2)73-99-91-71-90(82-51-47-78(48-52-82)80-55-59-84(94)60-56-80)92(72-89(91)81-49-45-77(46-50-81)79-53-57-83(93)58-54-79)100-74-76-67-87(97-63-43-39-35-31-27-23-19-15-11-7-3)70-88(68-76)98-64-44-40-36-32-28-24-20-16-12-8-4/h45-60,65-72,93-94H,5-44,61-64,73-74H2,1-4H3. The molecular formula is C92H130O8. The van der Waals surface area contributed by atoms with Gasteiger partial charge in [0.25, 0.3) is 0 Å². The molecule has 0 bridgehead atoms. The first kappa shape index (κ1) is 80.3. The molecule has 8 nitrogen and oxygen atoms in total. The van der Waals surface area contributed by atoms with Crippen LogP contribution < -0.4 is 28.4 Å². The number of hydrogen-bond donors (Lipinski definition) is 2. The van der Waals surface area contributed by atoms with E-state index >= 15 is 0 Å². The number of hydrogen-bond acceptors (Lipinski definition) is 8. The molecule has 8 heteroatoms. The van der Waals surface area contributed by atoms with Crippen LogP contribution in [-0.4, -0.2) is 36.6 Å². The number of rotatable bonds is 58. The van der Waals surface area contributed by atoms with Crippen LogP contribution in [-0.2, 0) is 13.2 Å². The summed E-state index contributed by atoms with van der Waals surface area (Å²) in [6, 6.07) is 48.8. The summed E-state index contributed by atoms with van der Waals surface area (Å²) in [4.78, 5) is 0. The van der Waals surface area contributed by atoms with E-state index in [1.165, 1.54) is 205 Å². The fourth-order valence-electron chi connectivity index (χ4n) is 13.4. The molecule has 0 saturated carbocycles. The molecule has 0 heterocycles. The molecule has 0 amide bonds. The molecule has 7 aromatic rings. The summed E-state index contributed by atoms with van der Waals surface area (Å²) in [6.45, 7) is 12.3. The van der Waals surface area contributed by atoms with E-state index in [-0.39, 0.29) is 24.7 Å². The monoisotopic (exact) mass is 1360 g/mol. The largest absolute Gasteiger partial charge is 0.508 e. The molecule has 546 valence electrons. The zero-order valence-electron chi connectivity index (χ0n) is 62.7. The Balaban J connectivity index is 1.17. The van der Waals surface area contributed by atoms with Gasteiger partial charge in [0.1, 0.15) is 59.2 Å². The second kappa shape index (κ2) is 50.3. The Morgan fingerprint density at radius 2 is 0.410 bits per heavy atom. The molecule has 0 saturated heterocycles. The summed E-state index contributed by atoms with van der Waals surface area (Å²) in [5, 5.41) is 20.4. The van der Waals surface area contributed by atoms with Crippen LogP contribution in [0.15, 0.2) is 146 Å². The van der Waals surface area contributed by atoms with Crippen LogP contribution in [0, 0.1) is 0 Å². The zero-order valence-corrected chi connectivity index (χ0v) is 62.7. The Kier molecular flexibility index (Phi) is 40.4. The first-order valence-electron chi connectivity index (χ1n) is 40.3. The summed E-state index contributed by atoms with van der Waals surface area (Å²) in [5.41, 5.74) is 9.74. The number of aromatic hydroxyl groups is 2. The lowest BCUT2D eigenvalue weighted by Gasteiger charge is -2.20. The molecule has 0 radical (unpaired) electrons. The lowest BCUT2D eigenvalue weighted by atomic mass is 9.95. The van der Waals surface area contributed by atoms with Gasteiger partial charge >= 0.3 is 0 Å². The molecule has 7 aromatic carbocycles. The summed E-state index contributed by atoms with van der Waals surface area (Å²) >= 11 is 0. The van der Waals surface area contributed by atoms with E-state index in [1.807, 2.05) is 24.3 Å². The number of ether oxygens (including phenoxy) is 6. The summed E-state index contributed by atoms with van der Waals surface area (Å²) in [5.74, 6) is 5.10. The van der Waals surface area contributed by atoms with Crippen LogP contribution in [0.2, 0.25) is 0 Å². The van der Waals surface area contributed by atoms with Crippen molar-refractivity contribution in [2.75, 3.05) is 26.4 Å². The van der Waals surface area contributed by atoms with E-state index < -0.39 is 0 Å². The molecule has 0 unspecified atom stereocenters. The maximum absolute atomic E-state index is 10.2. The molecule has 0 fully saturated rings. The Morgan fingerprint density at radius 3 is 0.640 bits per heavy atom. The van der Waals surface area contributed by atoms with Crippen LogP contribution in [0.25, 0.3) is 44.5 Å². The molecule has 0 aliphatic carbocycles. The smallest absolute Gasteiger partial charge is 0.128 e. The number of unbranched alkanes of at least 4 members (excludes halogenated alkanes) is 36. The number of benzene rings is 7. The van der Waals surface area contributed by atoms with Crippen molar-refractivity contribution in [2.24, 2.45) is 0 Å². The van der Waals surface area contributed by atoms with Crippen molar-refractivity contribution in [3.8, 4) is 90.5 Å². The molecule has 0 aromatic heterocycles. The van der Waals surface area contributed by atoms with Crippen molar-refractivity contribution in [3.63, 3.8) is 0 Å². The number of phenolic OH excluding ortho intramolecular Hbond substituents is 2. The second-order valence-corrected chi connectivity index (χ2v) is 28.4. The van der Waals surface area contributed by atoms with Gasteiger partial charge in [-0.15, -0.1) is 0 Å². The van der Waals surface area contributed by atoms with E-state index in [0.717, 1.165) is 130 Å².